The van der Waals surface area contributed by atoms with E-state index in [-0.39, 0.29) is 5.76 Å². The molecule has 48 valence electrons. The van der Waals surface area contributed by atoms with Gasteiger partial charge in [0.25, 0.3) is 0 Å². The first-order valence-corrected chi connectivity index (χ1v) is 3.22. The van der Waals surface area contributed by atoms with Crippen molar-refractivity contribution in [3.05, 3.63) is 23.5 Å². The van der Waals surface area contributed by atoms with Crippen LogP contribution in [0, 0.1) is 0 Å². The zero-order valence-corrected chi connectivity index (χ0v) is 6.03. The Labute approximate surface area is 59.7 Å². The second kappa shape index (κ2) is 2.31. The van der Waals surface area contributed by atoms with E-state index in [9.17, 15) is 0 Å². The summed E-state index contributed by atoms with van der Waals surface area (Å²) in [5, 5.41) is 9.13. The summed E-state index contributed by atoms with van der Waals surface area (Å²) in [7, 11) is 0. The molecule has 2 heteroatoms. The van der Waals surface area contributed by atoms with Crippen LogP contribution in [0.5, 0.6) is 0 Å². The molecule has 9 heavy (non-hydrogen) atoms. The second-order valence-electron chi connectivity index (χ2n) is 2.10. The van der Waals surface area contributed by atoms with Gasteiger partial charge in [0, 0.05) is 0 Å². The molecular weight excluding hydrogens is 132 g/mol. The molecule has 0 radical (unpaired) electrons. The first kappa shape index (κ1) is 6.49. The summed E-state index contributed by atoms with van der Waals surface area (Å²) in [6.45, 7) is 1.88. The van der Waals surface area contributed by atoms with Crippen molar-refractivity contribution in [1.29, 1.82) is 0 Å². The lowest BCUT2D eigenvalue weighted by Gasteiger charge is -2.06. The summed E-state index contributed by atoms with van der Waals surface area (Å²) in [5.74, 6) is 0.285. The summed E-state index contributed by atoms with van der Waals surface area (Å²) >= 11 is 4.81. The van der Waals surface area contributed by atoms with Gasteiger partial charge in [-0.25, -0.2) is 0 Å². The van der Waals surface area contributed by atoms with Gasteiger partial charge in [-0.15, -0.1) is 0 Å². The van der Waals surface area contributed by atoms with Gasteiger partial charge in [-0.2, -0.15) is 0 Å². The third-order valence-electron chi connectivity index (χ3n) is 1.33. The standard InChI is InChI=1S/C7H8OS/c1-5-3-2-4-6(9)7(5)8/h2,4,8H,3H2,1H3. The summed E-state index contributed by atoms with van der Waals surface area (Å²) < 4.78 is 0. The lowest BCUT2D eigenvalue weighted by Crippen LogP contribution is -2.01. The molecule has 0 aromatic carbocycles. The SMILES string of the molecule is CC1=C(O)C(=S)C=CC1. The van der Waals surface area contributed by atoms with Crippen molar-refractivity contribution in [2.75, 3.05) is 0 Å². The van der Waals surface area contributed by atoms with Gasteiger partial charge in [-0.05, 0) is 25.0 Å². The Bertz CT molecular complexity index is 201. The van der Waals surface area contributed by atoms with E-state index in [4.69, 9.17) is 17.3 Å². The normalized spacial score (nSPS) is 19.0. The van der Waals surface area contributed by atoms with Crippen molar-refractivity contribution in [2.24, 2.45) is 0 Å². The molecule has 0 aromatic heterocycles. The summed E-state index contributed by atoms with van der Waals surface area (Å²) in [6, 6.07) is 0. The summed E-state index contributed by atoms with van der Waals surface area (Å²) in [5.41, 5.74) is 0.961. The first-order valence-electron chi connectivity index (χ1n) is 2.81. The average molecular weight is 140 g/mol. The van der Waals surface area contributed by atoms with Gasteiger partial charge in [-0.3, -0.25) is 0 Å². The molecule has 1 nitrogen and oxygen atoms in total. The number of aliphatic hydroxyl groups excluding tert-OH is 1. The van der Waals surface area contributed by atoms with E-state index in [1.165, 1.54) is 0 Å². The van der Waals surface area contributed by atoms with Crippen molar-refractivity contribution in [3.63, 3.8) is 0 Å². The van der Waals surface area contributed by atoms with Crippen molar-refractivity contribution in [1.82, 2.24) is 0 Å². The Morgan fingerprint density at radius 2 is 2.33 bits per heavy atom. The van der Waals surface area contributed by atoms with E-state index in [0.29, 0.717) is 4.86 Å². The molecule has 0 aliphatic heterocycles. The Hall–Kier alpha value is -0.630. The van der Waals surface area contributed by atoms with Crippen LogP contribution in [-0.2, 0) is 0 Å². The third-order valence-corrected chi connectivity index (χ3v) is 1.66. The van der Waals surface area contributed by atoms with Crippen LogP contribution in [0.4, 0.5) is 0 Å². The molecule has 0 heterocycles. The molecule has 1 aliphatic carbocycles. The lowest BCUT2D eigenvalue weighted by molar-refractivity contribution is 0.436. The number of hydrogen-bond acceptors (Lipinski definition) is 2. The summed E-state index contributed by atoms with van der Waals surface area (Å²) in [4.78, 5) is 0.554. The first-order chi connectivity index (χ1) is 4.22. The highest BCUT2D eigenvalue weighted by molar-refractivity contribution is 7.81. The molecule has 0 unspecified atom stereocenters. The Morgan fingerprint density at radius 3 is 2.78 bits per heavy atom. The molecule has 0 spiro atoms. The highest BCUT2D eigenvalue weighted by Crippen LogP contribution is 2.14. The zero-order valence-electron chi connectivity index (χ0n) is 5.22. The molecule has 0 aromatic rings. The molecule has 0 saturated heterocycles. The topological polar surface area (TPSA) is 20.2 Å². The third kappa shape index (κ3) is 1.19. The average Bonchev–Trinajstić information content (AvgIpc) is 1.83. The van der Waals surface area contributed by atoms with Crippen LogP contribution in [0.1, 0.15) is 13.3 Å². The molecule has 1 rings (SSSR count). The lowest BCUT2D eigenvalue weighted by atomic mass is 10.1. The quantitative estimate of drug-likeness (QED) is 0.520. The van der Waals surface area contributed by atoms with Gasteiger partial charge < -0.3 is 5.11 Å². The zero-order chi connectivity index (χ0) is 6.85. The molecule has 0 atom stereocenters. The number of rotatable bonds is 0. The van der Waals surface area contributed by atoms with Gasteiger partial charge in [0.1, 0.15) is 5.76 Å². The molecule has 0 bridgehead atoms. The van der Waals surface area contributed by atoms with E-state index in [1.807, 2.05) is 13.0 Å². The molecule has 1 aliphatic rings. The molecule has 0 amide bonds. The minimum atomic E-state index is 0.285. The van der Waals surface area contributed by atoms with Crippen LogP contribution >= 0.6 is 12.2 Å². The van der Waals surface area contributed by atoms with Gasteiger partial charge in [0.2, 0.25) is 0 Å². The maximum atomic E-state index is 9.13. The van der Waals surface area contributed by atoms with Crippen molar-refractivity contribution >= 4 is 17.1 Å². The second-order valence-corrected chi connectivity index (χ2v) is 2.54. The molecular formula is C7H8OS. The van der Waals surface area contributed by atoms with Crippen LogP contribution in [0.3, 0.4) is 0 Å². The maximum absolute atomic E-state index is 9.13. The van der Waals surface area contributed by atoms with E-state index < -0.39 is 0 Å². The predicted octanol–water partition coefficient (Wildman–Crippen LogP) is 2.15. The number of thiocarbonyl (C=S) groups is 1. The Balaban J connectivity index is 2.92. The van der Waals surface area contributed by atoms with Crippen LogP contribution in [0.2, 0.25) is 0 Å². The Kier molecular flexibility index (Phi) is 1.67. The van der Waals surface area contributed by atoms with Gasteiger partial charge >= 0.3 is 0 Å². The van der Waals surface area contributed by atoms with Gasteiger partial charge in [0.05, 0.1) is 4.86 Å². The number of hydrogen-bond donors (Lipinski definition) is 1. The van der Waals surface area contributed by atoms with Crippen LogP contribution in [0.25, 0.3) is 0 Å². The smallest absolute Gasteiger partial charge is 0.132 e. The minimum Gasteiger partial charge on any atom is -0.506 e. The monoisotopic (exact) mass is 140 g/mol. The van der Waals surface area contributed by atoms with Gasteiger partial charge in [0.15, 0.2) is 0 Å². The highest BCUT2D eigenvalue weighted by Gasteiger charge is 2.06. The summed E-state index contributed by atoms with van der Waals surface area (Å²) in [6.07, 6.45) is 4.54. The molecule has 0 saturated carbocycles. The fourth-order valence-electron chi connectivity index (χ4n) is 0.729. The van der Waals surface area contributed by atoms with Gasteiger partial charge in [-0.1, -0.05) is 18.3 Å². The van der Waals surface area contributed by atoms with Crippen molar-refractivity contribution in [3.8, 4) is 0 Å². The fourth-order valence-corrected chi connectivity index (χ4v) is 0.999. The largest absolute Gasteiger partial charge is 0.506 e. The van der Waals surface area contributed by atoms with Crippen LogP contribution in [0.15, 0.2) is 23.5 Å². The van der Waals surface area contributed by atoms with Crippen LogP contribution in [-0.4, -0.2) is 9.97 Å². The van der Waals surface area contributed by atoms with E-state index in [2.05, 4.69) is 0 Å². The molecule has 1 N–H and O–H groups in total. The van der Waals surface area contributed by atoms with E-state index >= 15 is 0 Å². The highest BCUT2D eigenvalue weighted by atomic mass is 32.1. The Morgan fingerprint density at radius 1 is 1.67 bits per heavy atom. The minimum absolute atomic E-state index is 0.285. The van der Waals surface area contributed by atoms with E-state index in [0.717, 1.165) is 12.0 Å². The predicted molar refractivity (Wildman–Crippen MR) is 41.7 cm³/mol. The molecule has 0 fully saturated rings. The van der Waals surface area contributed by atoms with Crippen molar-refractivity contribution < 1.29 is 5.11 Å². The maximum Gasteiger partial charge on any atom is 0.132 e. The van der Waals surface area contributed by atoms with Crippen molar-refractivity contribution in [2.45, 2.75) is 13.3 Å². The van der Waals surface area contributed by atoms with Crippen LogP contribution < -0.4 is 0 Å². The van der Waals surface area contributed by atoms with E-state index in [1.54, 1.807) is 6.08 Å². The number of allylic oxidation sites excluding steroid dienone is 3. The number of aliphatic hydroxyl groups is 1. The fraction of sp³-hybridized carbons (Fsp3) is 0.286.